The van der Waals surface area contributed by atoms with E-state index in [9.17, 15) is 4.79 Å². The summed E-state index contributed by atoms with van der Waals surface area (Å²) >= 11 is 6.35. The van der Waals surface area contributed by atoms with E-state index in [1.807, 2.05) is 43.3 Å². The van der Waals surface area contributed by atoms with Crippen molar-refractivity contribution in [2.45, 2.75) is 6.92 Å². The minimum absolute atomic E-state index is 0.0135. The second-order valence-corrected chi connectivity index (χ2v) is 5.22. The smallest absolute Gasteiger partial charge is 0.354 e. The van der Waals surface area contributed by atoms with Crippen molar-refractivity contribution in [3.63, 3.8) is 0 Å². The molecule has 3 rings (SSSR count). The van der Waals surface area contributed by atoms with Crippen LogP contribution < -0.4 is 0 Å². The van der Waals surface area contributed by atoms with Crippen LogP contribution in [0.5, 0.6) is 0 Å². The van der Waals surface area contributed by atoms with Crippen molar-refractivity contribution in [1.29, 1.82) is 0 Å². The number of pyridine rings is 1. The predicted molar refractivity (Wildman–Crippen MR) is 83.9 cm³/mol. The maximum absolute atomic E-state index is 11.1. The SMILES string of the molecule is Cc1ccc(C(=O)O)nc1-c1c(Cl)ccc2ccccc12. The molecule has 0 aliphatic rings. The Labute approximate surface area is 126 Å². The zero-order chi connectivity index (χ0) is 15.0. The summed E-state index contributed by atoms with van der Waals surface area (Å²) in [5, 5.41) is 11.7. The molecule has 0 fully saturated rings. The number of aromatic nitrogens is 1. The van der Waals surface area contributed by atoms with Crippen molar-refractivity contribution in [3.8, 4) is 11.3 Å². The quantitative estimate of drug-likeness (QED) is 0.754. The summed E-state index contributed by atoms with van der Waals surface area (Å²) in [5.74, 6) is -1.05. The molecule has 0 unspecified atom stereocenters. The number of carbonyl (C=O) groups is 1. The number of halogens is 1. The van der Waals surface area contributed by atoms with Crippen molar-refractivity contribution in [2.75, 3.05) is 0 Å². The highest BCUT2D eigenvalue weighted by molar-refractivity contribution is 6.35. The van der Waals surface area contributed by atoms with Crippen molar-refractivity contribution >= 4 is 28.3 Å². The lowest BCUT2D eigenvalue weighted by Gasteiger charge is -2.11. The molecule has 0 saturated heterocycles. The Balaban J connectivity index is 2.37. The maximum atomic E-state index is 11.1. The van der Waals surface area contributed by atoms with Gasteiger partial charge in [0.1, 0.15) is 5.69 Å². The van der Waals surface area contributed by atoms with Crippen molar-refractivity contribution in [2.24, 2.45) is 0 Å². The molecule has 0 amide bonds. The summed E-state index contributed by atoms with van der Waals surface area (Å²) in [6, 6.07) is 14.8. The molecule has 0 radical (unpaired) electrons. The summed E-state index contributed by atoms with van der Waals surface area (Å²) in [5.41, 5.74) is 2.28. The van der Waals surface area contributed by atoms with Gasteiger partial charge in [-0.1, -0.05) is 48.0 Å². The largest absolute Gasteiger partial charge is 0.477 e. The average Bonchev–Trinajstić information content (AvgIpc) is 2.48. The van der Waals surface area contributed by atoms with E-state index in [1.54, 1.807) is 6.07 Å². The van der Waals surface area contributed by atoms with E-state index in [1.165, 1.54) is 6.07 Å². The van der Waals surface area contributed by atoms with Gasteiger partial charge in [0.05, 0.1) is 10.7 Å². The fourth-order valence-corrected chi connectivity index (χ4v) is 2.64. The number of aromatic carboxylic acids is 1. The monoisotopic (exact) mass is 297 g/mol. The van der Waals surface area contributed by atoms with E-state index >= 15 is 0 Å². The lowest BCUT2D eigenvalue weighted by molar-refractivity contribution is 0.0690. The van der Waals surface area contributed by atoms with Crippen LogP contribution in [0.2, 0.25) is 5.02 Å². The van der Waals surface area contributed by atoms with Gasteiger partial charge in [-0.15, -0.1) is 0 Å². The number of aryl methyl sites for hydroxylation is 1. The number of fused-ring (bicyclic) bond motifs is 1. The normalized spacial score (nSPS) is 10.8. The summed E-state index contributed by atoms with van der Waals surface area (Å²) in [6.07, 6.45) is 0. The molecule has 0 saturated carbocycles. The molecule has 0 aliphatic heterocycles. The topological polar surface area (TPSA) is 50.2 Å². The standard InChI is InChI=1S/C17H12ClNO2/c1-10-6-9-14(17(20)21)19-16(10)15-12-5-3-2-4-11(12)7-8-13(15)18/h2-9H,1H3,(H,20,21). The molecule has 0 aliphatic carbocycles. The molecule has 21 heavy (non-hydrogen) atoms. The molecule has 1 aromatic heterocycles. The lowest BCUT2D eigenvalue weighted by atomic mass is 9.99. The number of hydrogen-bond donors (Lipinski definition) is 1. The van der Waals surface area contributed by atoms with Gasteiger partial charge in [-0.2, -0.15) is 0 Å². The maximum Gasteiger partial charge on any atom is 0.354 e. The van der Waals surface area contributed by atoms with Gasteiger partial charge in [0.2, 0.25) is 0 Å². The third-order valence-corrected chi connectivity index (χ3v) is 3.75. The molecule has 2 aromatic carbocycles. The van der Waals surface area contributed by atoms with Gasteiger partial charge in [0, 0.05) is 5.56 Å². The van der Waals surface area contributed by atoms with Crippen LogP contribution >= 0.6 is 11.6 Å². The summed E-state index contributed by atoms with van der Waals surface area (Å²) in [4.78, 5) is 15.4. The van der Waals surface area contributed by atoms with Crippen LogP contribution in [0.15, 0.2) is 48.5 Å². The van der Waals surface area contributed by atoms with Crippen LogP contribution in [-0.4, -0.2) is 16.1 Å². The Hall–Kier alpha value is -2.39. The van der Waals surface area contributed by atoms with Crippen LogP contribution in [0.4, 0.5) is 0 Å². The highest BCUT2D eigenvalue weighted by Gasteiger charge is 2.15. The molecular formula is C17H12ClNO2. The van der Waals surface area contributed by atoms with Gasteiger partial charge in [-0.25, -0.2) is 9.78 Å². The highest BCUT2D eigenvalue weighted by atomic mass is 35.5. The molecule has 0 atom stereocenters. The molecular weight excluding hydrogens is 286 g/mol. The van der Waals surface area contributed by atoms with Crippen LogP contribution in [-0.2, 0) is 0 Å². The zero-order valence-electron chi connectivity index (χ0n) is 11.3. The Kier molecular flexibility index (Phi) is 3.35. The van der Waals surface area contributed by atoms with Crippen molar-refractivity contribution < 1.29 is 9.90 Å². The van der Waals surface area contributed by atoms with Crippen LogP contribution in [0.25, 0.3) is 22.0 Å². The molecule has 0 bridgehead atoms. The first kappa shape index (κ1) is 13.6. The second-order valence-electron chi connectivity index (χ2n) is 4.81. The summed E-state index contributed by atoms with van der Waals surface area (Å²) < 4.78 is 0. The molecule has 3 aromatic rings. The molecule has 4 heteroatoms. The van der Waals surface area contributed by atoms with E-state index in [-0.39, 0.29) is 5.69 Å². The van der Waals surface area contributed by atoms with Gasteiger partial charge in [0.15, 0.2) is 0 Å². The number of benzene rings is 2. The Morgan fingerprint density at radius 2 is 1.86 bits per heavy atom. The fraction of sp³-hybridized carbons (Fsp3) is 0.0588. The minimum atomic E-state index is -1.05. The zero-order valence-corrected chi connectivity index (χ0v) is 12.1. The first-order valence-corrected chi connectivity index (χ1v) is 6.84. The number of rotatable bonds is 2. The Morgan fingerprint density at radius 3 is 2.62 bits per heavy atom. The average molecular weight is 298 g/mol. The third-order valence-electron chi connectivity index (χ3n) is 3.43. The van der Waals surface area contributed by atoms with Gasteiger partial charge < -0.3 is 5.11 Å². The number of hydrogen-bond acceptors (Lipinski definition) is 2. The molecule has 1 N–H and O–H groups in total. The van der Waals surface area contributed by atoms with Crippen LogP contribution in [0.3, 0.4) is 0 Å². The third kappa shape index (κ3) is 2.36. The summed E-state index contributed by atoms with van der Waals surface area (Å²) in [7, 11) is 0. The fourth-order valence-electron chi connectivity index (χ4n) is 2.39. The molecule has 104 valence electrons. The first-order chi connectivity index (χ1) is 10.1. The lowest BCUT2D eigenvalue weighted by Crippen LogP contribution is -2.02. The van der Waals surface area contributed by atoms with Gasteiger partial charge in [-0.05, 0) is 35.4 Å². The first-order valence-electron chi connectivity index (χ1n) is 6.46. The Morgan fingerprint density at radius 1 is 1.10 bits per heavy atom. The van der Waals surface area contributed by atoms with Crippen LogP contribution in [0.1, 0.15) is 16.1 Å². The van der Waals surface area contributed by atoms with Gasteiger partial charge >= 0.3 is 5.97 Å². The summed E-state index contributed by atoms with van der Waals surface area (Å²) in [6.45, 7) is 1.89. The van der Waals surface area contributed by atoms with Crippen LogP contribution in [0, 0.1) is 6.92 Å². The number of carboxylic acid groups (broad SMARTS) is 1. The van der Waals surface area contributed by atoms with Crippen molar-refractivity contribution in [1.82, 2.24) is 4.98 Å². The molecule has 3 nitrogen and oxygen atoms in total. The van der Waals surface area contributed by atoms with Gasteiger partial charge in [0.25, 0.3) is 0 Å². The number of carboxylic acids is 1. The predicted octanol–water partition coefficient (Wildman–Crippen LogP) is 4.56. The van der Waals surface area contributed by atoms with E-state index in [4.69, 9.17) is 16.7 Å². The van der Waals surface area contributed by atoms with Crippen molar-refractivity contribution in [3.05, 3.63) is 64.8 Å². The molecule has 1 heterocycles. The van der Waals surface area contributed by atoms with E-state index < -0.39 is 5.97 Å². The van der Waals surface area contributed by atoms with Gasteiger partial charge in [-0.3, -0.25) is 0 Å². The van der Waals surface area contributed by atoms with E-state index in [2.05, 4.69) is 4.98 Å². The minimum Gasteiger partial charge on any atom is -0.477 e. The van der Waals surface area contributed by atoms with E-state index in [0.717, 1.165) is 21.9 Å². The second kappa shape index (κ2) is 5.19. The highest BCUT2D eigenvalue weighted by Crippen LogP contribution is 2.35. The number of nitrogens with zero attached hydrogens (tertiary/aromatic N) is 1. The Bertz CT molecular complexity index is 859. The van der Waals surface area contributed by atoms with E-state index in [0.29, 0.717) is 10.7 Å². The molecule has 0 spiro atoms.